The average Bonchev–Trinajstić information content (AvgIpc) is 3.28. The molecule has 3 rings (SSSR count). The lowest BCUT2D eigenvalue weighted by Gasteiger charge is -2.21. The molecule has 2 heterocycles. The standard InChI is InChI=1S/C19H26Cl2N6O/c1-12(16-7-6-14(20)9-17(16)21)24-19(22-10-15-5-4-8-28-15)23-11-18-26-25-13(2)27(18)3/h6-7,9,12,15H,4-5,8,10-11H2,1-3H3,(H2,22,23,24). The molecular weight excluding hydrogens is 399 g/mol. The van der Waals surface area contributed by atoms with Crippen LogP contribution in [0.4, 0.5) is 0 Å². The molecule has 1 aliphatic rings. The van der Waals surface area contributed by atoms with Crippen molar-refractivity contribution in [2.75, 3.05) is 13.2 Å². The van der Waals surface area contributed by atoms with Crippen molar-refractivity contribution < 1.29 is 4.74 Å². The summed E-state index contributed by atoms with van der Waals surface area (Å²) in [6.45, 7) is 5.88. The molecule has 1 saturated heterocycles. The third-order valence-electron chi connectivity index (χ3n) is 4.86. The second-order valence-electron chi connectivity index (χ2n) is 6.94. The Balaban J connectivity index is 1.72. The normalized spacial score (nSPS) is 18.3. The van der Waals surface area contributed by atoms with E-state index in [0.29, 0.717) is 29.1 Å². The van der Waals surface area contributed by atoms with E-state index in [2.05, 4.69) is 25.8 Å². The second kappa shape index (κ2) is 9.58. The monoisotopic (exact) mass is 424 g/mol. The number of ether oxygens (including phenoxy) is 1. The van der Waals surface area contributed by atoms with Crippen molar-refractivity contribution in [3.63, 3.8) is 0 Å². The number of nitrogens with one attached hydrogen (secondary N) is 2. The number of aromatic nitrogens is 3. The molecule has 0 saturated carbocycles. The van der Waals surface area contributed by atoms with E-state index in [4.69, 9.17) is 27.9 Å². The molecule has 1 aromatic heterocycles. The van der Waals surface area contributed by atoms with Crippen molar-refractivity contribution in [1.82, 2.24) is 25.4 Å². The molecule has 2 unspecified atom stereocenters. The Labute approximate surface area is 175 Å². The number of benzene rings is 1. The predicted molar refractivity (Wildman–Crippen MR) is 112 cm³/mol. The van der Waals surface area contributed by atoms with Gasteiger partial charge < -0.3 is 19.9 Å². The van der Waals surface area contributed by atoms with Crippen molar-refractivity contribution in [3.8, 4) is 0 Å². The van der Waals surface area contributed by atoms with Gasteiger partial charge in [0.05, 0.1) is 12.1 Å². The smallest absolute Gasteiger partial charge is 0.192 e. The zero-order chi connectivity index (χ0) is 20.1. The Hall–Kier alpha value is -1.83. The highest BCUT2D eigenvalue weighted by molar-refractivity contribution is 6.35. The maximum Gasteiger partial charge on any atom is 0.192 e. The first-order valence-electron chi connectivity index (χ1n) is 9.40. The molecule has 2 aromatic rings. The van der Waals surface area contributed by atoms with Gasteiger partial charge in [-0.15, -0.1) is 10.2 Å². The largest absolute Gasteiger partial charge is 0.376 e. The number of nitrogens with zero attached hydrogens (tertiary/aromatic N) is 4. The maximum atomic E-state index is 6.36. The van der Waals surface area contributed by atoms with Crippen LogP contribution in [-0.4, -0.2) is 40.0 Å². The van der Waals surface area contributed by atoms with Gasteiger partial charge in [0, 0.05) is 30.2 Å². The Bertz CT molecular complexity index is 832. The van der Waals surface area contributed by atoms with Crippen LogP contribution in [0.25, 0.3) is 0 Å². The zero-order valence-corrected chi connectivity index (χ0v) is 17.9. The summed E-state index contributed by atoms with van der Waals surface area (Å²) in [5, 5.41) is 16.3. The lowest BCUT2D eigenvalue weighted by Crippen LogP contribution is -2.42. The van der Waals surface area contributed by atoms with Gasteiger partial charge in [0.15, 0.2) is 11.8 Å². The molecule has 0 amide bonds. The minimum absolute atomic E-state index is 0.0539. The van der Waals surface area contributed by atoms with Crippen molar-refractivity contribution in [3.05, 3.63) is 45.5 Å². The van der Waals surface area contributed by atoms with Crippen LogP contribution in [0.15, 0.2) is 23.2 Å². The Kier molecular flexibility index (Phi) is 7.15. The van der Waals surface area contributed by atoms with Crippen molar-refractivity contribution in [1.29, 1.82) is 0 Å². The van der Waals surface area contributed by atoms with Crippen molar-refractivity contribution in [2.45, 2.75) is 45.4 Å². The van der Waals surface area contributed by atoms with E-state index in [-0.39, 0.29) is 12.1 Å². The topological polar surface area (TPSA) is 76.4 Å². The van der Waals surface area contributed by atoms with Crippen molar-refractivity contribution in [2.24, 2.45) is 12.0 Å². The van der Waals surface area contributed by atoms with E-state index in [9.17, 15) is 0 Å². The van der Waals surface area contributed by atoms with Crippen LogP contribution in [0.5, 0.6) is 0 Å². The Morgan fingerprint density at radius 2 is 2.21 bits per heavy atom. The van der Waals surface area contributed by atoms with Gasteiger partial charge >= 0.3 is 0 Å². The van der Waals surface area contributed by atoms with Crippen LogP contribution in [0.2, 0.25) is 10.0 Å². The summed E-state index contributed by atoms with van der Waals surface area (Å²) in [6.07, 6.45) is 2.36. The van der Waals surface area contributed by atoms with Gasteiger partial charge in [-0.1, -0.05) is 29.3 Å². The van der Waals surface area contributed by atoms with Gasteiger partial charge in [0.2, 0.25) is 0 Å². The molecule has 0 radical (unpaired) electrons. The first kappa shape index (κ1) is 20.9. The fraction of sp³-hybridized carbons (Fsp3) is 0.526. The van der Waals surface area contributed by atoms with Crippen LogP contribution in [0, 0.1) is 6.92 Å². The molecular formula is C19H26Cl2N6O. The van der Waals surface area contributed by atoms with E-state index in [1.54, 1.807) is 6.07 Å². The van der Waals surface area contributed by atoms with Gasteiger partial charge in [0.25, 0.3) is 0 Å². The minimum atomic E-state index is -0.0539. The van der Waals surface area contributed by atoms with E-state index in [1.807, 2.05) is 37.6 Å². The molecule has 1 aromatic carbocycles. The molecule has 28 heavy (non-hydrogen) atoms. The Morgan fingerprint density at radius 1 is 1.39 bits per heavy atom. The molecule has 9 heteroatoms. The first-order valence-corrected chi connectivity index (χ1v) is 10.2. The summed E-state index contributed by atoms with van der Waals surface area (Å²) in [4.78, 5) is 4.69. The number of aliphatic imine (C=N–C) groups is 1. The highest BCUT2D eigenvalue weighted by atomic mass is 35.5. The summed E-state index contributed by atoms with van der Waals surface area (Å²) in [5.41, 5.74) is 0.951. The van der Waals surface area contributed by atoms with Gasteiger partial charge in [-0.05, 0) is 44.4 Å². The van der Waals surface area contributed by atoms with Crippen LogP contribution in [0.1, 0.15) is 43.0 Å². The molecule has 1 fully saturated rings. The summed E-state index contributed by atoms with van der Waals surface area (Å²) < 4.78 is 7.63. The third kappa shape index (κ3) is 5.37. The van der Waals surface area contributed by atoms with Crippen LogP contribution < -0.4 is 10.6 Å². The minimum Gasteiger partial charge on any atom is -0.376 e. The fourth-order valence-electron chi connectivity index (χ4n) is 3.04. The average molecular weight is 425 g/mol. The summed E-state index contributed by atoms with van der Waals surface area (Å²) in [7, 11) is 1.93. The highest BCUT2D eigenvalue weighted by Crippen LogP contribution is 2.26. The number of rotatable bonds is 6. The third-order valence-corrected chi connectivity index (χ3v) is 5.43. The number of hydrogen-bond acceptors (Lipinski definition) is 4. The van der Waals surface area contributed by atoms with Crippen LogP contribution in [0.3, 0.4) is 0 Å². The van der Waals surface area contributed by atoms with Crippen molar-refractivity contribution >= 4 is 29.2 Å². The summed E-state index contributed by atoms with van der Waals surface area (Å²) in [6, 6.07) is 5.45. The van der Waals surface area contributed by atoms with E-state index >= 15 is 0 Å². The van der Waals surface area contributed by atoms with Gasteiger partial charge in [-0.25, -0.2) is 4.99 Å². The number of hydrogen-bond donors (Lipinski definition) is 2. The lowest BCUT2D eigenvalue weighted by molar-refractivity contribution is 0.113. The lowest BCUT2D eigenvalue weighted by atomic mass is 10.1. The molecule has 7 nitrogen and oxygen atoms in total. The molecule has 0 bridgehead atoms. The number of aryl methyl sites for hydroxylation is 1. The van der Waals surface area contributed by atoms with Crippen LogP contribution >= 0.6 is 23.2 Å². The summed E-state index contributed by atoms with van der Waals surface area (Å²) in [5.74, 6) is 2.33. The molecule has 152 valence electrons. The SMILES string of the molecule is Cc1nnc(CN=C(NCC2CCCO2)NC(C)c2ccc(Cl)cc2Cl)n1C. The predicted octanol–water partition coefficient (Wildman–Crippen LogP) is 3.41. The maximum absolute atomic E-state index is 6.36. The number of halogens is 2. The highest BCUT2D eigenvalue weighted by Gasteiger charge is 2.17. The van der Waals surface area contributed by atoms with Gasteiger partial charge in [-0.3, -0.25) is 0 Å². The molecule has 2 atom stereocenters. The van der Waals surface area contributed by atoms with E-state index < -0.39 is 0 Å². The second-order valence-corrected chi connectivity index (χ2v) is 7.78. The van der Waals surface area contributed by atoms with E-state index in [1.165, 1.54) is 0 Å². The number of guanidine groups is 1. The molecule has 0 spiro atoms. The zero-order valence-electron chi connectivity index (χ0n) is 16.4. The molecule has 2 N–H and O–H groups in total. The quantitative estimate of drug-likeness (QED) is 0.548. The molecule has 0 aliphatic carbocycles. The molecule has 1 aliphatic heterocycles. The fourth-order valence-corrected chi connectivity index (χ4v) is 3.61. The van der Waals surface area contributed by atoms with E-state index in [0.717, 1.165) is 36.7 Å². The van der Waals surface area contributed by atoms with Gasteiger partial charge in [0.1, 0.15) is 12.4 Å². The Morgan fingerprint density at radius 3 is 2.86 bits per heavy atom. The van der Waals surface area contributed by atoms with Crippen LogP contribution in [-0.2, 0) is 18.3 Å². The van der Waals surface area contributed by atoms with Gasteiger partial charge in [-0.2, -0.15) is 0 Å². The summed E-state index contributed by atoms with van der Waals surface area (Å²) >= 11 is 12.4. The first-order chi connectivity index (χ1) is 13.4.